The summed E-state index contributed by atoms with van der Waals surface area (Å²) in [5.74, 6) is -0.990. The molecule has 2 aliphatic heterocycles. The molecule has 3 aromatic rings. The SMILES string of the molecule is CC1(C(=O)O)CCOCC1.O=S(=O)(c1cccc(C(F)(F)F)c1)N1CCOc2ccc(-c3cc(F)ccc3Cl)cc21. The molecule has 0 aliphatic carbocycles. The van der Waals surface area contributed by atoms with Crippen LogP contribution < -0.4 is 9.04 Å². The van der Waals surface area contributed by atoms with E-state index in [1.807, 2.05) is 0 Å². The fourth-order valence-corrected chi connectivity index (χ4v) is 6.05. The number of alkyl halides is 3. The number of carbonyl (C=O) groups is 1. The first kappa shape index (κ1) is 30.6. The van der Waals surface area contributed by atoms with Crippen molar-refractivity contribution in [1.82, 2.24) is 0 Å². The molecule has 0 atom stereocenters. The summed E-state index contributed by atoms with van der Waals surface area (Å²) in [4.78, 5) is 10.1. The highest BCUT2D eigenvalue weighted by atomic mass is 35.5. The number of sulfonamides is 1. The van der Waals surface area contributed by atoms with E-state index in [9.17, 15) is 30.8 Å². The largest absolute Gasteiger partial charge is 0.489 e. The van der Waals surface area contributed by atoms with Crippen LogP contribution in [0, 0.1) is 11.2 Å². The zero-order chi connectivity index (χ0) is 30.0. The predicted octanol–water partition coefficient (Wildman–Crippen LogP) is 6.64. The highest BCUT2D eigenvalue weighted by Crippen LogP contribution is 2.40. The molecule has 2 heterocycles. The summed E-state index contributed by atoms with van der Waals surface area (Å²) in [6.45, 7) is 2.86. The number of ether oxygens (including phenoxy) is 2. The molecule has 1 saturated heterocycles. The van der Waals surface area contributed by atoms with E-state index in [4.69, 9.17) is 26.2 Å². The Labute approximate surface area is 239 Å². The summed E-state index contributed by atoms with van der Waals surface area (Å²) < 4.78 is 90.9. The molecule has 220 valence electrons. The van der Waals surface area contributed by atoms with E-state index < -0.39 is 43.9 Å². The quantitative estimate of drug-likeness (QED) is 0.331. The van der Waals surface area contributed by atoms with Crippen molar-refractivity contribution in [2.45, 2.75) is 30.8 Å². The van der Waals surface area contributed by atoms with E-state index in [1.54, 1.807) is 13.0 Å². The Hall–Kier alpha value is -3.35. The van der Waals surface area contributed by atoms with Gasteiger partial charge in [0.2, 0.25) is 0 Å². The molecule has 0 bridgehead atoms. The van der Waals surface area contributed by atoms with Crippen LogP contribution in [-0.2, 0) is 25.7 Å². The van der Waals surface area contributed by atoms with Gasteiger partial charge in [0.05, 0.1) is 28.1 Å². The molecule has 0 saturated carbocycles. The minimum absolute atomic E-state index is 0.0191. The van der Waals surface area contributed by atoms with Gasteiger partial charge in [0.15, 0.2) is 0 Å². The van der Waals surface area contributed by atoms with Crippen molar-refractivity contribution >= 4 is 33.3 Å². The van der Waals surface area contributed by atoms with Crippen molar-refractivity contribution < 1.29 is 45.4 Å². The van der Waals surface area contributed by atoms with Crippen LogP contribution in [0.15, 0.2) is 65.6 Å². The van der Waals surface area contributed by atoms with Crippen LogP contribution in [0.3, 0.4) is 0 Å². The van der Waals surface area contributed by atoms with Gasteiger partial charge in [-0.1, -0.05) is 23.7 Å². The molecule has 5 rings (SSSR count). The van der Waals surface area contributed by atoms with Gasteiger partial charge in [-0.15, -0.1) is 0 Å². The van der Waals surface area contributed by atoms with Gasteiger partial charge in [-0.2, -0.15) is 13.2 Å². The lowest BCUT2D eigenvalue weighted by molar-refractivity contribution is -0.153. The van der Waals surface area contributed by atoms with Crippen molar-refractivity contribution in [2.75, 3.05) is 30.7 Å². The van der Waals surface area contributed by atoms with Crippen LogP contribution in [0.2, 0.25) is 5.02 Å². The standard InChI is InChI=1S/C21H14ClF4NO3S.C7H12O3/c22-18-6-5-15(23)12-17(18)13-4-7-20-19(10-13)27(8-9-30-20)31(28,29)16-3-1-2-14(11-16)21(24,25)26;1-7(6(8)9)2-4-10-5-3-7/h1-7,10-12H,8-9H2;2-5H2,1H3,(H,8,9). The maximum Gasteiger partial charge on any atom is 0.416 e. The topological polar surface area (TPSA) is 93.1 Å². The average molecular weight is 616 g/mol. The van der Waals surface area contributed by atoms with Gasteiger partial charge in [-0.05, 0) is 73.9 Å². The normalized spacial score (nSPS) is 16.6. The van der Waals surface area contributed by atoms with Crippen LogP contribution in [0.5, 0.6) is 5.75 Å². The van der Waals surface area contributed by atoms with Crippen molar-refractivity contribution in [3.05, 3.63) is 77.1 Å². The molecule has 13 heteroatoms. The van der Waals surface area contributed by atoms with E-state index >= 15 is 0 Å². The van der Waals surface area contributed by atoms with Gasteiger partial charge in [-0.25, -0.2) is 12.8 Å². The first-order valence-corrected chi connectivity index (χ1v) is 14.3. The maximum absolute atomic E-state index is 13.7. The second kappa shape index (κ2) is 11.9. The van der Waals surface area contributed by atoms with Gasteiger partial charge in [0.25, 0.3) is 10.0 Å². The minimum atomic E-state index is -4.68. The third kappa shape index (κ3) is 6.77. The van der Waals surface area contributed by atoms with Crippen molar-refractivity contribution in [1.29, 1.82) is 0 Å². The van der Waals surface area contributed by atoms with Crippen molar-refractivity contribution in [3.8, 4) is 16.9 Å². The third-order valence-corrected chi connectivity index (χ3v) is 9.02. The summed E-state index contributed by atoms with van der Waals surface area (Å²) in [6, 6.07) is 11.9. The predicted molar refractivity (Wildman–Crippen MR) is 144 cm³/mol. The van der Waals surface area contributed by atoms with Crippen LogP contribution in [0.1, 0.15) is 25.3 Å². The molecule has 0 amide bonds. The lowest BCUT2D eigenvalue weighted by Crippen LogP contribution is -2.38. The first-order valence-electron chi connectivity index (χ1n) is 12.5. The number of nitrogens with zero attached hydrogens (tertiary/aromatic N) is 1. The first-order chi connectivity index (χ1) is 19.2. The maximum atomic E-state index is 13.7. The van der Waals surface area contributed by atoms with Gasteiger partial charge in [-0.3, -0.25) is 9.10 Å². The minimum Gasteiger partial charge on any atom is -0.489 e. The van der Waals surface area contributed by atoms with Crippen LogP contribution in [-0.4, -0.2) is 45.9 Å². The van der Waals surface area contributed by atoms with Gasteiger partial charge in [0.1, 0.15) is 18.2 Å². The Morgan fingerprint density at radius 3 is 2.37 bits per heavy atom. The molecular formula is C28H26ClF4NO6S. The molecule has 7 nitrogen and oxygen atoms in total. The molecule has 1 N–H and O–H groups in total. The highest BCUT2D eigenvalue weighted by Gasteiger charge is 2.36. The molecular weight excluding hydrogens is 590 g/mol. The molecule has 0 aromatic heterocycles. The smallest absolute Gasteiger partial charge is 0.416 e. The number of rotatable bonds is 4. The highest BCUT2D eigenvalue weighted by molar-refractivity contribution is 7.92. The lowest BCUT2D eigenvalue weighted by Gasteiger charge is -2.31. The van der Waals surface area contributed by atoms with Crippen LogP contribution >= 0.6 is 11.6 Å². The molecule has 3 aromatic carbocycles. The summed E-state index contributed by atoms with van der Waals surface area (Å²) >= 11 is 6.16. The van der Waals surface area contributed by atoms with Crippen molar-refractivity contribution in [2.24, 2.45) is 5.41 Å². The number of carboxylic acids is 1. The molecule has 0 radical (unpaired) electrons. The Kier molecular flexibility index (Phi) is 8.86. The van der Waals surface area contributed by atoms with E-state index in [0.29, 0.717) is 43.2 Å². The fraction of sp³-hybridized carbons (Fsp3) is 0.321. The molecule has 0 unspecified atom stereocenters. The van der Waals surface area contributed by atoms with Gasteiger partial charge in [0, 0.05) is 23.8 Å². The Bertz CT molecular complexity index is 1540. The number of anilines is 1. The average Bonchev–Trinajstić information content (AvgIpc) is 2.94. The number of hydrogen-bond donors (Lipinski definition) is 1. The summed E-state index contributed by atoms with van der Waals surface area (Å²) in [5, 5.41) is 9.00. The van der Waals surface area contributed by atoms with E-state index in [1.165, 1.54) is 30.3 Å². The Morgan fingerprint density at radius 1 is 1.02 bits per heavy atom. The van der Waals surface area contributed by atoms with Crippen LogP contribution in [0.4, 0.5) is 23.2 Å². The molecule has 2 aliphatic rings. The van der Waals surface area contributed by atoms with E-state index in [-0.39, 0.29) is 29.6 Å². The number of carboxylic acid groups (broad SMARTS) is 1. The zero-order valence-corrected chi connectivity index (χ0v) is 23.3. The number of halogens is 5. The summed E-state index contributed by atoms with van der Waals surface area (Å²) in [5.41, 5.74) is -0.702. The summed E-state index contributed by atoms with van der Waals surface area (Å²) in [7, 11) is -4.33. The number of aliphatic carboxylic acids is 1. The molecule has 0 spiro atoms. The number of hydrogen-bond acceptors (Lipinski definition) is 5. The molecule has 41 heavy (non-hydrogen) atoms. The van der Waals surface area contributed by atoms with Crippen LogP contribution in [0.25, 0.3) is 11.1 Å². The Balaban J connectivity index is 0.000000328. The number of fused-ring (bicyclic) bond motifs is 1. The third-order valence-electron chi connectivity index (χ3n) is 6.88. The Morgan fingerprint density at radius 2 is 1.73 bits per heavy atom. The summed E-state index contributed by atoms with van der Waals surface area (Å²) in [6.07, 6.45) is -3.40. The zero-order valence-electron chi connectivity index (χ0n) is 21.7. The number of benzene rings is 3. The second-order valence-electron chi connectivity index (χ2n) is 9.74. The van der Waals surface area contributed by atoms with E-state index in [2.05, 4.69) is 0 Å². The fourth-order valence-electron chi connectivity index (χ4n) is 4.33. The van der Waals surface area contributed by atoms with Gasteiger partial charge < -0.3 is 14.6 Å². The molecule has 1 fully saturated rings. The monoisotopic (exact) mass is 615 g/mol. The van der Waals surface area contributed by atoms with E-state index in [0.717, 1.165) is 22.5 Å². The second-order valence-corrected chi connectivity index (χ2v) is 12.0. The lowest BCUT2D eigenvalue weighted by atomic mass is 9.83. The van der Waals surface area contributed by atoms with Crippen molar-refractivity contribution in [3.63, 3.8) is 0 Å². The van der Waals surface area contributed by atoms with Gasteiger partial charge >= 0.3 is 12.1 Å².